The lowest BCUT2D eigenvalue weighted by Crippen LogP contribution is -2.21. The van der Waals surface area contributed by atoms with Crippen LogP contribution in [0.2, 0.25) is 5.28 Å². The van der Waals surface area contributed by atoms with Crippen LogP contribution in [0.25, 0.3) is 0 Å². The lowest BCUT2D eigenvalue weighted by atomic mass is 9.82. The summed E-state index contributed by atoms with van der Waals surface area (Å²) in [5.74, 6) is 1.28. The van der Waals surface area contributed by atoms with E-state index in [1.807, 2.05) is 0 Å². The van der Waals surface area contributed by atoms with E-state index in [-0.39, 0.29) is 11.1 Å². The van der Waals surface area contributed by atoms with Crippen molar-refractivity contribution in [2.45, 2.75) is 38.8 Å². The second-order valence-corrected chi connectivity index (χ2v) is 5.76. The number of hydrogen-bond donors (Lipinski definition) is 1. The van der Waals surface area contributed by atoms with Crippen LogP contribution in [0.3, 0.4) is 0 Å². The number of anilines is 1. The first-order chi connectivity index (χ1) is 9.34. The van der Waals surface area contributed by atoms with Crippen LogP contribution >= 0.6 is 11.6 Å². The molecule has 7 heteroatoms. The summed E-state index contributed by atoms with van der Waals surface area (Å²) in [6.07, 6.45) is 0.0858. The minimum Gasteiger partial charge on any atom is -0.370 e. The van der Waals surface area contributed by atoms with Crippen molar-refractivity contribution in [3.63, 3.8) is 0 Å². The van der Waals surface area contributed by atoms with Gasteiger partial charge in [0, 0.05) is 12.6 Å². The Morgan fingerprint density at radius 3 is 2.75 bits per heavy atom. The van der Waals surface area contributed by atoms with Gasteiger partial charge in [-0.05, 0) is 36.3 Å². The van der Waals surface area contributed by atoms with Crippen LogP contribution in [-0.4, -0.2) is 16.5 Å². The summed E-state index contributed by atoms with van der Waals surface area (Å²) in [4.78, 5) is 7.00. The third-order valence-corrected chi connectivity index (χ3v) is 3.78. The number of nitrogens with one attached hydrogen (secondary N) is 1. The molecule has 0 spiro atoms. The number of rotatable bonds is 3. The third kappa shape index (κ3) is 4.23. The van der Waals surface area contributed by atoms with Crippen molar-refractivity contribution in [1.82, 2.24) is 9.97 Å². The van der Waals surface area contributed by atoms with Gasteiger partial charge in [-0.2, -0.15) is 13.2 Å². The Kier molecular flexibility index (Phi) is 4.73. The summed E-state index contributed by atoms with van der Waals surface area (Å²) < 4.78 is 37.9. The predicted molar refractivity (Wildman–Crippen MR) is 71.7 cm³/mol. The largest absolute Gasteiger partial charge is 0.433 e. The van der Waals surface area contributed by atoms with Gasteiger partial charge >= 0.3 is 6.18 Å². The molecule has 2 atom stereocenters. The molecule has 0 aliphatic heterocycles. The van der Waals surface area contributed by atoms with Crippen molar-refractivity contribution in [1.29, 1.82) is 0 Å². The van der Waals surface area contributed by atoms with E-state index in [9.17, 15) is 13.2 Å². The number of nitrogens with zero attached hydrogens (tertiary/aromatic N) is 2. The van der Waals surface area contributed by atoms with Crippen LogP contribution in [0.5, 0.6) is 0 Å². The maximum absolute atomic E-state index is 12.6. The van der Waals surface area contributed by atoms with Gasteiger partial charge in [-0.25, -0.2) is 9.97 Å². The van der Waals surface area contributed by atoms with E-state index in [4.69, 9.17) is 11.6 Å². The molecule has 112 valence electrons. The minimum absolute atomic E-state index is 0.135. The summed E-state index contributed by atoms with van der Waals surface area (Å²) in [6.45, 7) is 2.82. The average molecular weight is 308 g/mol. The monoisotopic (exact) mass is 307 g/mol. The first kappa shape index (κ1) is 15.4. The Balaban J connectivity index is 2.00. The molecule has 1 aromatic rings. The zero-order chi connectivity index (χ0) is 14.8. The second-order valence-electron chi connectivity index (χ2n) is 5.42. The van der Waals surface area contributed by atoms with E-state index in [0.29, 0.717) is 18.4 Å². The summed E-state index contributed by atoms with van der Waals surface area (Å²) in [5.41, 5.74) is -1.02. The highest BCUT2D eigenvalue weighted by Gasteiger charge is 2.33. The molecule has 1 heterocycles. The Morgan fingerprint density at radius 2 is 2.10 bits per heavy atom. The van der Waals surface area contributed by atoms with Gasteiger partial charge in [-0.1, -0.05) is 19.8 Å². The molecule has 1 saturated carbocycles. The number of halogens is 4. The molecular weight excluding hydrogens is 291 g/mol. The first-order valence-electron chi connectivity index (χ1n) is 6.70. The maximum atomic E-state index is 12.6. The van der Waals surface area contributed by atoms with Crippen molar-refractivity contribution < 1.29 is 13.2 Å². The second kappa shape index (κ2) is 6.16. The van der Waals surface area contributed by atoms with E-state index >= 15 is 0 Å². The summed E-state index contributed by atoms with van der Waals surface area (Å²) >= 11 is 5.54. The van der Waals surface area contributed by atoms with Crippen LogP contribution in [0.1, 0.15) is 38.3 Å². The molecule has 1 N–H and O–H groups in total. The molecule has 0 bridgehead atoms. The lowest BCUT2D eigenvalue weighted by molar-refractivity contribution is -0.141. The molecule has 0 radical (unpaired) electrons. The van der Waals surface area contributed by atoms with Crippen LogP contribution in [-0.2, 0) is 6.18 Å². The molecule has 0 saturated heterocycles. The highest BCUT2D eigenvalue weighted by atomic mass is 35.5. The van der Waals surface area contributed by atoms with Crippen LogP contribution < -0.4 is 5.32 Å². The fourth-order valence-corrected chi connectivity index (χ4v) is 2.83. The molecule has 1 aliphatic rings. The van der Waals surface area contributed by atoms with Gasteiger partial charge in [0.05, 0.1) is 0 Å². The Morgan fingerprint density at radius 1 is 1.35 bits per heavy atom. The summed E-state index contributed by atoms with van der Waals surface area (Å²) in [5, 5.41) is 2.56. The van der Waals surface area contributed by atoms with E-state index in [1.165, 1.54) is 12.8 Å². The van der Waals surface area contributed by atoms with E-state index in [1.54, 1.807) is 0 Å². The average Bonchev–Trinajstić information content (AvgIpc) is 2.35. The molecule has 2 unspecified atom stereocenters. The molecule has 1 aliphatic carbocycles. The molecule has 1 fully saturated rings. The fraction of sp³-hybridized carbons (Fsp3) is 0.692. The number of hydrogen-bond acceptors (Lipinski definition) is 3. The summed E-state index contributed by atoms with van der Waals surface area (Å²) in [6, 6.07) is 0.901. The van der Waals surface area contributed by atoms with Gasteiger partial charge in [0.1, 0.15) is 5.82 Å². The van der Waals surface area contributed by atoms with Crippen LogP contribution in [0.4, 0.5) is 19.0 Å². The highest BCUT2D eigenvalue weighted by Crippen LogP contribution is 2.31. The molecule has 0 amide bonds. The summed E-state index contributed by atoms with van der Waals surface area (Å²) in [7, 11) is 0. The van der Waals surface area contributed by atoms with Gasteiger partial charge < -0.3 is 5.32 Å². The zero-order valence-corrected chi connectivity index (χ0v) is 11.9. The van der Waals surface area contributed by atoms with E-state index < -0.39 is 11.9 Å². The molecule has 2 rings (SSSR count). The first-order valence-corrected chi connectivity index (χ1v) is 7.08. The normalized spacial score (nSPS) is 23.6. The standard InChI is InChI=1S/C13H17ClF3N3/c1-8-3-2-4-9(5-8)7-18-11-6-10(13(15,16)17)19-12(14)20-11/h6,8-9H,2-5,7H2,1H3,(H,18,19,20). The topological polar surface area (TPSA) is 37.8 Å². The van der Waals surface area contributed by atoms with Gasteiger partial charge in [0.2, 0.25) is 5.28 Å². The predicted octanol–water partition coefficient (Wildman–Crippen LogP) is 4.39. The molecule has 1 aromatic heterocycles. The van der Waals surface area contributed by atoms with Crippen LogP contribution in [0, 0.1) is 11.8 Å². The van der Waals surface area contributed by atoms with Gasteiger partial charge in [-0.15, -0.1) is 0 Å². The molecule has 0 aromatic carbocycles. The van der Waals surface area contributed by atoms with Gasteiger partial charge in [-0.3, -0.25) is 0 Å². The van der Waals surface area contributed by atoms with Crippen molar-refractivity contribution in [2.24, 2.45) is 11.8 Å². The van der Waals surface area contributed by atoms with E-state index in [2.05, 4.69) is 22.2 Å². The Bertz CT molecular complexity index is 465. The molecule has 20 heavy (non-hydrogen) atoms. The maximum Gasteiger partial charge on any atom is 0.433 e. The highest BCUT2D eigenvalue weighted by molar-refractivity contribution is 6.28. The quantitative estimate of drug-likeness (QED) is 0.842. The van der Waals surface area contributed by atoms with Gasteiger partial charge in [0.25, 0.3) is 0 Å². The fourth-order valence-electron chi connectivity index (χ4n) is 2.65. The van der Waals surface area contributed by atoms with E-state index in [0.717, 1.165) is 18.9 Å². The number of alkyl halides is 3. The SMILES string of the molecule is CC1CCCC(CNc2cc(C(F)(F)F)nc(Cl)n2)C1. The van der Waals surface area contributed by atoms with Crippen molar-refractivity contribution in [2.75, 3.05) is 11.9 Å². The number of aromatic nitrogens is 2. The van der Waals surface area contributed by atoms with Crippen molar-refractivity contribution in [3.8, 4) is 0 Å². The Labute approximate surface area is 120 Å². The van der Waals surface area contributed by atoms with Gasteiger partial charge in [0.15, 0.2) is 5.69 Å². The Hall–Kier alpha value is -1.04. The molecular formula is C13H17ClF3N3. The smallest absolute Gasteiger partial charge is 0.370 e. The third-order valence-electron chi connectivity index (χ3n) is 3.61. The van der Waals surface area contributed by atoms with Crippen molar-refractivity contribution in [3.05, 3.63) is 17.0 Å². The van der Waals surface area contributed by atoms with Crippen LogP contribution in [0.15, 0.2) is 6.07 Å². The minimum atomic E-state index is -4.51. The lowest BCUT2D eigenvalue weighted by Gasteiger charge is -2.27. The molecule has 3 nitrogen and oxygen atoms in total. The zero-order valence-electron chi connectivity index (χ0n) is 11.2. The van der Waals surface area contributed by atoms with Crippen molar-refractivity contribution >= 4 is 17.4 Å².